The van der Waals surface area contributed by atoms with Gasteiger partial charge in [0.05, 0.1) is 6.04 Å². The van der Waals surface area contributed by atoms with Gasteiger partial charge >= 0.3 is 0 Å². The van der Waals surface area contributed by atoms with Gasteiger partial charge < -0.3 is 5.32 Å². The van der Waals surface area contributed by atoms with Gasteiger partial charge in [-0.3, -0.25) is 4.98 Å². The lowest BCUT2D eigenvalue weighted by Crippen LogP contribution is -2.25. The topological polar surface area (TPSA) is 24.9 Å². The zero-order valence-electron chi connectivity index (χ0n) is 13.7. The zero-order chi connectivity index (χ0) is 16.2. The molecular formula is C22H22N2. The summed E-state index contributed by atoms with van der Waals surface area (Å²) in [6.45, 7) is 1.04. The number of nitrogens with one attached hydrogen (secondary N) is 1. The van der Waals surface area contributed by atoms with Crippen LogP contribution in [0.2, 0.25) is 0 Å². The number of hydrogen-bond donors (Lipinski definition) is 1. The number of rotatable bonds is 6. The van der Waals surface area contributed by atoms with Crippen molar-refractivity contribution in [2.75, 3.05) is 6.54 Å². The van der Waals surface area contributed by atoms with Gasteiger partial charge in [0.15, 0.2) is 0 Å². The number of nitrogens with zero attached hydrogens (tertiary/aromatic N) is 1. The summed E-state index contributed by atoms with van der Waals surface area (Å²) in [5.74, 6) is 1.45. The molecule has 2 aromatic carbocycles. The molecule has 2 nitrogen and oxygen atoms in total. The molecular weight excluding hydrogens is 292 g/mol. The second kappa shape index (κ2) is 6.98. The maximum atomic E-state index is 4.15. The van der Waals surface area contributed by atoms with E-state index in [1.807, 2.05) is 12.4 Å². The standard InChI is InChI=1S/C22H22N2/c1-3-7-17(8-4-1)21-15-20(21)16-24-22(18-9-5-2-6-10-18)19-11-13-23-14-12-19/h1-14,20-22,24H,15-16H2/t20-,21-,22-/m0/s1. The first-order valence-electron chi connectivity index (χ1n) is 8.65. The van der Waals surface area contributed by atoms with Crippen LogP contribution in [0.4, 0.5) is 0 Å². The fraction of sp³-hybridized carbons (Fsp3) is 0.227. The van der Waals surface area contributed by atoms with E-state index in [0.717, 1.165) is 12.5 Å². The van der Waals surface area contributed by atoms with Crippen molar-refractivity contribution in [1.82, 2.24) is 10.3 Å². The van der Waals surface area contributed by atoms with Gasteiger partial charge in [0.1, 0.15) is 0 Å². The minimum absolute atomic E-state index is 0.228. The summed E-state index contributed by atoms with van der Waals surface area (Å²) in [6, 6.07) is 26.0. The second-order valence-corrected chi connectivity index (χ2v) is 6.55. The third-order valence-electron chi connectivity index (χ3n) is 4.91. The fourth-order valence-corrected chi connectivity index (χ4v) is 3.48. The molecule has 3 aromatic rings. The Morgan fingerprint density at radius 1 is 0.833 bits per heavy atom. The first-order chi connectivity index (χ1) is 11.9. The number of hydrogen-bond acceptors (Lipinski definition) is 2. The van der Waals surface area contributed by atoms with Crippen molar-refractivity contribution < 1.29 is 0 Å². The Morgan fingerprint density at radius 3 is 2.17 bits per heavy atom. The first kappa shape index (κ1) is 15.1. The summed E-state index contributed by atoms with van der Waals surface area (Å²) in [7, 11) is 0. The van der Waals surface area contributed by atoms with Crippen LogP contribution >= 0.6 is 0 Å². The minimum atomic E-state index is 0.228. The van der Waals surface area contributed by atoms with Crippen molar-refractivity contribution in [2.45, 2.75) is 18.4 Å². The van der Waals surface area contributed by atoms with Crippen LogP contribution < -0.4 is 5.32 Å². The molecule has 1 fully saturated rings. The maximum absolute atomic E-state index is 4.15. The van der Waals surface area contributed by atoms with Gasteiger partial charge in [-0.2, -0.15) is 0 Å². The molecule has 2 heteroatoms. The highest BCUT2D eigenvalue weighted by Crippen LogP contribution is 2.47. The van der Waals surface area contributed by atoms with Gasteiger partial charge in [-0.1, -0.05) is 60.7 Å². The molecule has 4 rings (SSSR count). The molecule has 24 heavy (non-hydrogen) atoms. The molecule has 1 saturated carbocycles. The van der Waals surface area contributed by atoms with Gasteiger partial charge in [-0.25, -0.2) is 0 Å². The van der Waals surface area contributed by atoms with Gasteiger partial charge in [0.2, 0.25) is 0 Å². The predicted molar refractivity (Wildman–Crippen MR) is 97.8 cm³/mol. The van der Waals surface area contributed by atoms with Crippen molar-refractivity contribution in [3.8, 4) is 0 Å². The summed E-state index contributed by atoms with van der Waals surface area (Å²) in [5.41, 5.74) is 4.05. The molecule has 120 valence electrons. The Kier molecular flexibility index (Phi) is 4.39. The van der Waals surface area contributed by atoms with Crippen LogP contribution in [0, 0.1) is 5.92 Å². The molecule has 1 aliphatic rings. The van der Waals surface area contributed by atoms with Crippen LogP contribution in [0.1, 0.15) is 35.1 Å². The Morgan fingerprint density at radius 2 is 1.46 bits per heavy atom. The van der Waals surface area contributed by atoms with E-state index in [9.17, 15) is 0 Å². The monoisotopic (exact) mass is 314 g/mol. The summed E-state index contributed by atoms with van der Waals surface area (Å²) in [6.07, 6.45) is 5.03. The minimum Gasteiger partial charge on any atom is -0.306 e. The van der Waals surface area contributed by atoms with Crippen molar-refractivity contribution in [3.05, 3.63) is 102 Å². The Labute approximate surface area is 143 Å². The molecule has 0 amide bonds. The molecule has 0 saturated heterocycles. The van der Waals surface area contributed by atoms with E-state index in [1.54, 1.807) is 0 Å². The van der Waals surface area contributed by atoms with E-state index in [0.29, 0.717) is 5.92 Å². The van der Waals surface area contributed by atoms with Crippen LogP contribution in [0.3, 0.4) is 0 Å². The Balaban J connectivity index is 1.46. The smallest absolute Gasteiger partial charge is 0.0577 e. The first-order valence-corrected chi connectivity index (χ1v) is 8.65. The SMILES string of the molecule is c1ccc([C@H](NC[C@@H]2C[C@H]2c2ccccc2)c2ccncc2)cc1. The highest BCUT2D eigenvalue weighted by Gasteiger charge is 2.38. The summed E-state index contributed by atoms with van der Waals surface area (Å²) in [4.78, 5) is 4.15. The molecule has 1 heterocycles. The van der Waals surface area contributed by atoms with E-state index in [2.05, 4.69) is 83.1 Å². The molecule has 1 N–H and O–H groups in total. The third-order valence-corrected chi connectivity index (χ3v) is 4.91. The highest BCUT2D eigenvalue weighted by atomic mass is 14.9. The molecule has 0 radical (unpaired) electrons. The molecule has 1 aromatic heterocycles. The van der Waals surface area contributed by atoms with Crippen molar-refractivity contribution in [1.29, 1.82) is 0 Å². The van der Waals surface area contributed by atoms with Gasteiger partial charge in [-0.15, -0.1) is 0 Å². The summed E-state index contributed by atoms with van der Waals surface area (Å²) < 4.78 is 0. The zero-order valence-corrected chi connectivity index (χ0v) is 13.7. The lowest BCUT2D eigenvalue weighted by molar-refractivity contribution is 0.566. The quantitative estimate of drug-likeness (QED) is 0.721. The average molecular weight is 314 g/mol. The van der Waals surface area contributed by atoms with Crippen LogP contribution in [0.25, 0.3) is 0 Å². The average Bonchev–Trinajstić information content (AvgIpc) is 3.44. The number of pyridine rings is 1. The lowest BCUT2D eigenvalue weighted by atomic mass is 9.99. The van der Waals surface area contributed by atoms with Crippen LogP contribution in [-0.4, -0.2) is 11.5 Å². The molecule has 0 spiro atoms. The lowest BCUT2D eigenvalue weighted by Gasteiger charge is -2.20. The molecule has 0 aliphatic heterocycles. The van der Waals surface area contributed by atoms with Gasteiger partial charge in [-0.05, 0) is 53.6 Å². The summed E-state index contributed by atoms with van der Waals surface area (Å²) >= 11 is 0. The predicted octanol–water partition coefficient (Wildman–Crippen LogP) is 4.56. The van der Waals surface area contributed by atoms with Crippen LogP contribution in [0.5, 0.6) is 0 Å². The molecule has 0 unspecified atom stereocenters. The molecule has 0 bridgehead atoms. The number of benzene rings is 2. The fourth-order valence-electron chi connectivity index (χ4n) is 3.48. The van der Waals surface area contributed by atoms with Crippen molar-refractivity contribution >= 4 is 0 Å². The summed E-state index contributed by atoms with van der Waals surface area (Å²) in [5, 5.41) is 3.79. The second-order valence-electron chi connectivity index (χ2n) is 6.55. The van der Waals surface area contributed by atoms with E-state index in [4.69, 9.17) is 0 Å². The Hall–Kier alpha value is -2.45. The van der Waals surface area contributed by atoms with E-state index < -0.39 is 0 Å². The maximum Gasteiger partial charge on any atom is 0.0577 e. The van der Waals surface area contributed by atoms with E-state index in [-0.39, 0.29) is 6.04 Å². The van der Waals surface area contributed by atoms with E-state index >= 15 is 0 Å². The Bertz CT molecular complexity index is 716. The largest absolute Gasteiger partial charge is 0.306 e. The van der Waals surface area contributed by atoms with Gasteiger partial charge in [0, 0.05) is 12.4 Å². The van der Waals surface area contributed by atoms with Crippen LogP contribution in [-0.2, 0) is 0 Å². The molecule has 1 aliphatic carbocycles. The third kappa shape index (κ3) is 3.39. The van der Waals surface area contributed by atoms with Crippen molar-refractivity contribution in [2.24, 2.45) is 5.92 Å². The number of aromatic nitrogens is 1. The highest BCUT2D eigenvalue weighted by molar-refractivity contribution is 5.31. The van der Waals surface area contributed by atoms with Crippen LogP contribution in [0.15, 0.2) is 85.2 Å². The molecule has 3 atom stereocenters. The van der Waals surface area contributed by atoms with Gasteiger partial charge in [0.25, 0.3) is 0 Å². The normalized spacial score (nSPS) is 20.5. The van der Waals surface area contributed by atoms with E-state index in [1.165, 1.54) is 23.1 Å². The van der Waals surface area contributed by atoms with Crippen molar-refractivity contribution in [3.63, 3.8) is 0 Å².